The van der Waals surface area contributed by atoms with Gasteiger partial charge in [-0.25, -0.2) is 4.98 Å². The van der Waals surface area contributed by atoms with Gasteiger partial charge >= 0.3 is 0 Å². The number of H-pyrrole nitrogens is 1. The smallest absolute Gasteiger partial charge is 0.289 e. The van der Waals surface area contributed by atoms with Gasteiger partial charge in [-0.2, -0.15) is 4.39 Å². The first-order valence-corrected chi connectivity index (χ1v) is 9.20. The zero-order valence-corrected chi connectivity index (χ0v) is 15.2. The van der Waals surface area contributed by atoms with E-state index in [2.05, 4.69) is 9.97 Å². The predicted octanol–water partition coefficient (Wildman–Crippen LogP) is 0.238. The molecular formula is C19H21FN4O4. The summed E-state index contributed by atoms with van der Waals surface area (Å²) in [4.78, 5) is 34.7. The van der Waals surface area contributed by atoms with Crippen molar-refractivity contribution in [3.8, 4) is 0 Å². The van der Waals surface area contributed by atoms with Crippen molar-refractivity contribution in [3.05, 3.63) is 51.8 Å². The van der Waals surface area contributed by atoms with E-state index >= 15 is 0 Å². The molecular weight excluding hydrogens is 367 g/mol. The van der Waals surface area contributed by atoms with Crippen LogP contribution in [0.25, 0.3) is 0 Å². The van der Waals surface area contributed by atoms with E-state index in [9.17, 15) is 19.1 Å². The second-order valence-corrected chi connectivity index (χ2v) is 6.86. The number of fused-ring (bicyclic) bond motifs is 1. The molecule has 28 heavy (non-hydrogen) atoms. The number of nitrogens with one attached hydrogen (secondary N) is 1. The van der Waals surface area contributed by atoms with E-state index in [1.54, 1.807) is 4.90 Å². The van der Waals surface area contributed by atoms with Crippen LogP contribution in [0.2, 0.25) is 0 Å². The van der Waals surface area contributed by atoms with Crippen LogP contribution in [-0.2, 0) is 22.4 Å². The van der Waals surface area contributed by atoms with E-state index in [4.69, 9.17) is 4.74 Å². The molecule has 4 rings (SSSR count). The van der Waals surface area contributed by atoms with Gasteiger partial charge < -0.3 is 24.6 Å². The minimum atomic E-state index is -0.960. The number of halogens is 1. The SMILES string of the molecule is O=C(Cc1nc(N2CCOCC2)c(F)c(=O)[nH]1)N1c2ccccc2C[C@@H]1CO. The lowest BCUT2D eigenvalue weighted by atomic mass is 10.1. The first-order chi connectivity index (χ1) is 13.6. The van der Waals surface area contributed by atoms with Gasteiger partial charge in [0.15, 0.2) is 5.82 Å². The molecule has 2 aliphatic heterocycles. The average molecular weight is 388 g/mol. The van der Waals surface area contributed by atoms with Gasteiger partial charge in [-0.3, -0.25) is 9.59 Å². The molecule has 0 bridgehead atoms. The monoisotopic (exact) mass is 388 g/mol. The number of amides is 1. The molecule has 1 atom stereocenters. The van der Waals surface area contributed by atoms with E-state index in [-0.39, 0.29) is 36.6 Å². The summed E-state index contributed by atoms with van der Waals surface area (Å²) in [5, 5.41) is 9.68. The summed E-state index contributed by atoms with van der Waals surface area (Å²) in [5.74, 6) is -1.24. The molecule has 1 aromatic carbocycles. The Bertz CT molecular complexity index is 942. The fourth-order valence-electron chi connectivity index (χ4n) is 3.73. The number of nitrogens with zero attached hydrogens (tertiary/aromatic N) is 3. The summed E-state index contributed by atoms with van der Waals surface area (Å²) in [6, 6.07) is 7.08. The molecule has 0 spiro atoms. The van der Waals surface area contributed by atoms with Crippen molar-refractivity contribution in [1.29, 1.82) is 0 Å². The maximum atomic E-state index is 14.3. The largest absolute Gasteiger partial charge is 0.394 e. The number of benzene rings is 1. The lowest BCUT2D eigenvalue weighted by Gasteiger charge is -2.28. The summed E-state index contributed by atoms with van der Waals surface area (Å²) in [6.07, 6.45) is 0.364. The van der Waals surface area contributed by atoms with Crippen LogP contribution in [0.15, 0.2) is 29.1 Å². The number of aromatic nitrogens is 2. The number of morpholine rings is 1. The van der Waals surface area contributed by atoms with Crippen molar-refractivity contribution in [2.45, 2.75) is 18.9 Å². The highest BCUT2D eigenvalue weighted by atomic mass is 19.1. The number of aliphatic hydroxyl groups is 1. The van der Waals surface area contributed by atoms with Crippen molar-refractivity contribution < 1.29 is 19.0 Å². The van der Waals surface area contributed by atoms with Gasteiger partial charge in [-0.05, 0) is 18.1 Å². The van der Waals surface area contributed by atoms with Gasteiger partial charge in [-0.1, -0.05) is 18.2 Å². The fourth-order valence-corrected chi connectivity index (χ4v) is 3.73. The highest BCUT2D eigenvalue weighted by Gasteiger charge is 2.33. The van der Waals surface area contributed by atoms with Crippen molar-refractivity contribution in [3.63, 3.8) is 0 Å². The maximum absolute atomic E-state index is 14.3. The molecule has 1 saturated heterocycles. The van der Waals surface area contributed by atoms with Crippen LogP contribution in [0.5, 0.6) is 0 Å². The molecule has 0 unspecified atom stereocenters. The molecule has 8 nitrogen and oxygen atoms in total. The Morgan fingerprint density at radius 1 is 1.32 bits per heavy atom. The normalized spacial score (nSPS) is 19.0. The zero-order chi connectivity index (χ0) is 19.7. The zero-order valence-electron chi connectivity index (χ0n) is 15.2. The number of aliphatic hydroxyl groups excluding tert-OH is 1. The van der Waals surface area contributed by atoms with E-state index < -0.39 is 11.4 Å². The molecule has 1 aromatic heterocycles. The number of rotatable bonds is 4. The van der Waals surface area contributed by atoms with Crippen LogP contribution in [0.4, 0.5) is 15.9 Å². The predicted molar refractivity (Wildman–Crippen MR) is 100 cm³/mol. The maximum Gasteiger partial charge on any atom is 0.289 e. The van der Waals surface area contributed by atoms with Crippen molar-refractivity contribution in [1.82, 2.24) is 9.97 Å². The second-order valence-electron chi connectivity index (χ2n) is 6.86. The van der Waals surface area contributed by atoms with Crippen LogP contribution < -0.4 is 15.4 Å². The Balaban J connectivity index is 1.61. The van der Waals surface area contributed by atoms with Gasteiger partial charge in [0.25, 0.3) is 5.56 Å². The summed E-state index contributed by atoms with van der Waals surface area (Å²) >= 11 is 0. The minimum Gasteiger partial charge on any atom is -0.394 e. The molecule has 0 radical (unpaired) electrons. The fraction of sp³-hybridized carbons (Fsp3) is 0.421. The molecule has 0 aliphatic carbocycles. The van der Waals surface area contributed by atoms with E-state index in [0.717, 1.165) is 11.3 Å². The lowest BCUT2D eigenvalue weighted by molar-refractivity contribution is -0.118. The highest BCUT2D eigenvalue weighted by Crippen LogP contribution is 2.32. The van der Waals surface area contributed by atoms with Crippen molar-refractivity contribution in [2.75, 3.05) is 42.7 Å². The second kappa shape index (κ2) is 7.69. The number of carbonyl (C=O) groups excluding carboxylic acids is 1. The van der Waals surface area contributed by atoms with Gasteiger partial charge in [0, 0.05) is 18.8 Å². The Morgan fingerprint density at radius 2 is 2.07 bits per heavy atom. The quantitative estimate of drug-likeness (QED) is 0.779. The van der Waals surface area contributed by atoms with E-state index in [0.29, 0.717) is 32.7 Å². The van der Waals surface area contributed by atoms with Crippen LogP contribution in [0.1, 0.15) is 11.4 Å². The third kappa shape index (κ3) is 3.38. The molecule has 0 saturated carbocycles. The molecule has 2 aromatic rings. The highest BCUT2D eigenvalue weighted by molar-refractivity contribution is 5.97. The molecule has 2 N–H and O–H groups in total. The third-order valence-corrected chi connectivity index (χ3v) is 5.07. The number of ether oxygens (including phenoxy) is 1. The van der Waals surface area contributed by atoms with Crippen LogP contribution >= 0.6 is 0 Å². The minimum absolute atomic E-state index is 0.0598. The van der Waals surface area contributed by atoms with Crippen LogP contribution in [0, 0.1) is 5.82 Å². The Kier molecular flexibility index (Phi) is 5.10. The number of hydrogen-bond acceptors (Lipinski definition) is 6. The third-order valence-electron chi connectivity index (χ3n) is 5.07. The summed E-state index contributed by atoms with van der Waals surface area (Å²) < 4.78 is 19.5. The summed E-state index contributed by atoms with van der Waals surface area (Å²) in [6.45, 7) is 1.52. The van der Waals surface area contributed by atoms with Gasteiger partial charge in [0.05, 0.1) is 32.3 Å². The van der Waals surface area contributed by atoms with E-state index in [1.165, 1.54) is 4.90 Å². The number of carbonyl (C=O) groups is 1. The van der Waals surface area contributed by atoms with Crippen LogP contribution in [0.3, 0.4) is 0 Å². The summed E-state index contributed by atoms with van der Waals surface area (Å²) in [7, 11) is 0. The molecule has 1 amide bonds. The standard InChI is InChI=1S/C19H21FN4O4/c20-17-18(23-5-7-28-8-6-23)21-15(22-19(17)27)10-16(26)24-13(11-25)9-12-3-1-2-4-14(12)24/h1-4,13,25H,5-11H2,(H,21,22,27)/t13-/m1/s1. The van der Waals surface area contributed by atoms with Crippen molar-refractivity contribution >= 4 is 17.4 Å². The first-order valence-electron chi connectivity index (χ1n) is 9.20. The number of hydrogen-bond donors (Lipinski definition) is 2. The molecule has 9 heteroatoms. The lowest BCUT2D eigenvalue weighted by Crippen LogP contribution is -2.42. The first kappa shape index (κ1) is 18.6. The number of para-hydroxylation sites is 1. The molecule has 148 valence electrons. The van der Waals surface area contributed by atoms with Gasteiger partial charge in [0.2, 0.25) is 11.7 Å². The average Bonchev–Trinajstić information content (AvgIpc) is 3.10. The Morgan fingerprint density at radius 3 is 2.82 bits per heavy atom. The van der Waals surface area contributed by atoms with Crippen LogP contribution in [-0.4, -0.2) is 59.9 Å². The van der Waals surface area contributed by atoms with Gasteiger partial charge in [-0.15, -0.1) is 0 Å². The Hall–Kier alpha value is -2.78. The van der Waals surface area contributed by atoms with Gasteiger partial charge in [0.1, 0.15) is 5.82 Å². The number of anilines is 2. The summed E-state index contributed by atoms with van der Waals surface area (Å²) in [5.41, 5.74) is 0.814. The van der Waals surface area contributed by atoms with Crippen molar-refractivity contribution in [2.24, 2.45) is 0 Å². The number of aromatic amines is 1. The van der Waals surface area contributed by atoms with E-state index in [1.807, 2.05) is 24.3 Å². The topological polar surface area (TPSA) is 98.8 Å². The Labute approximate surface area is 160 Å². The molecule has 2 aliphatic rings. The molecule has 3 heterocycles. The molecule has 1 fully saturated rings.